The Hall–Kier alpha value is -1.55. The van der Waals surface area contributed by atoms with Crippen LogP contribution in [0, 0.1) is 0 Å². The van der Waals surface area contributed by atoms with Crippen LogP contribution < -0.4 is 10.5 Å². The molecule has 1 rings (SSSR count). The summed E-state index contributed by atoms with van der Waals surface area (Å²) < 4.78 is 5.19. The molecule has 80 valence electrons. The van der Waals surface area contributed by atoms with Crippen molar-refractivity contribution in [3.63, 3.8) is 0 Å². The first-order valence-electron chi connectivity index (χ1n) is 4.25. The molecule has 15 heavy (non-hydrogen) atoms. The summed E-state index contributed by atoms with van der Waals surface area (Å²) >= 11 is 5.69. The number of hydrogen-bond donors (Lipinski definition) is 1. The standard InChI is InChI=1S/C10H10ClNO3/c1-6(10(12)14)15-9-3-2-8(11)4-7(9)5-13/h2-6H,1H3,(H2,12,14). The van der Waals surface area contributed by atoms with Crippen molar-refractivity contribution in [1.82, 2.24) is 0 Å². The van der Waals surface area contributed by atoms with Crippen LogP contribution in [0.3, 0.4) is 0 Å². The summed E-state index contributed by atoms with van der Waals surface area (Å²) in [4.78, 5) is 21.4. The molecule has 0 bridgehead atoms. The molecule has 4 nitrogen and oxygen atoms in total. The van der Waals surface area contributed by atoms with Crippen molar-refractivity contribution in [3.8, 4) is 5.75 Å². The predicted octanol–water partition coefficient (Wildman–Crippen LogP) is 1.41. The lowest BCUT2D eigenvalue weighted by Crippen LogP contribution is -2.30. The SMILES string of the molecule is CC(Oc1ccc(Cl)cc1C=O)C(N)=O. The highest BCUT2D eigenvalue weighted by Crippen LogP contribution is 2.22. The van der Waals surface area contributed by atoms with E-state index >= 15 is 0 Å². The van der Waals surface area contributed by atoms with Gasteiger partial charge in [-0.05, 0) is 25.1 Å². The lowest BCUT2D eigenvalue weighted by Gasteiger charge is -2.12. The summed E-state index contributed by atoms with van der Waals surface area (Å²) in [5.41, 5.74) is 5.31. The molecule has 0 spiro atoms. The van der Waals surface area contributed by atoms with E-state index in [1.165, 1.54) is 19.1 Å². The van der Waals surface area contributed by atoms with Gasteiger partial charge in [0.25, 0.3) is 5.91 Å². The number of ether oxygens (including phenoxy) is 1. The second-order valence-electron chi connectivity index (χ2n) is 2.96. The van der Waals surface area contributed by atoms with Crippen LogP contribution in [0.2, 0.25) is 5.02 Å². The molecule has 0 aliphatic carbocycles. The van der Waals surface area contributed by atoms with E-state index in [0.29, 0.717) is 17.1 Å². The number of aldehydes is 1. The third-order valence-corrected chi connectivity index (χ3v) is 2.04. The second kappa shape index (κ2) is 4.79. The van der Waals surface area contributed by atoms with E-state index in [1.807, 2.05) is 0 Å². The Labute approximate surface area is 92.0 Å². The van der Waals surface area contributed by atoms with Gasteiger partial charge in [-0.15, -0.1) is 0 Å². The molecule has 0 radical (unpaired) electrons. The van der Waals surface area contributed by atoms with Gasteiger partial charge >= 0.3 is 0 Å². The molecular formula is C10H10ClNO3. The fourth-order valence-corrected chi connectivity index (χ4v) is 1.15. The lowest BCUT2D eigenvalue weighted by atomic mass is 10.2. The zero-order valence-corrected chi connectivity index (χ0v) is 8.82. The predicted molar refractivity (Wildman–Crippen MR) is 56.1 cm³/mol. The molecule has 1 amide bonds. The van der Waals surface area contributed by atoms with Crippen LogP contribution >= 0.6 is 11.6 Å². The van der Waals surface area contributed by atoms with Gasteiger partial charge in [-0.25, -0.2) is 0 Å². The third kappa shape index (κ3) is 2.95. The molecule has 1 aromatic carbocycles. The number of carbonyl (C=O) groups excluding carboxylic acids is 2. The van der Waals surface area contributed by atoms with Gasteiger partial charge in [0.1, 0.15) is 5.75 Å². The number of primary amides is 1. The van der Waals surface area contributed by atoms with E-state index in [4.69, 9.17) is 22.1 Å². The van der Waals surface area contributed by atoms with E-state index in [-0.39, 0.29) is 5.56 Å². The Morgan fingerprint density at radius 2 is 2.27 bits per heavy atom. The quantitative estimate of drug-likeness (QED) is 0.791. The van der Waals surface area contributed by atoms with Crippen LogP contribution in [-0.4, -0.2) is 18.3 Å². The van der Waals surface area contributed by atoms with Crippen molar-refractivity contribution in [2.24, 2.45) is 5.73 Å². The van der Waals surface area contributed by atoms with Gasteiger partial charge in [0, 0.05) is 5.02 Å². The molecule has 1 unspecified atom stereocenters. The Morgan fingerprint density at radius 3 is 2.80 bits per heavy atom. The van der Waals surface area contributed by atoms with E-state index in [9.17, 15) is 9.59 Å². The topological polar surface area (TPSA) is 69.4 Å². The van der Waals surface area contributed by atoms with Gasteiger partial charge in [0.2, 0.25) is 0 Å². The van der Waals surface area contributed by atoms with Crippen LogP contribution in [0.25, 0.3) is 0 Å². The highest BCUT2D eigenvalue weighted by atomic mass is 35.5. The summed E-state index contributed by atoms with van der Waals surface area (Å²) in [5.74, 6) is -0.303. The second-order valence-corrected chi connectivity index (χ2v) is 3.40. The molecule has 0 fully saturated rings. The van der Waals surface area contributed by atoms with Crippen LogP contribution in [0.15, 0.2) is 18.2 Å². The average Bonchev–Trinajstić information content (AvgIpc) is 2.20. The van der Waals surface area contributed by atoms with Crippen LogP contribution in [-0.2, 0) is 4.79 Å². The van der Waals surface area contributed by atoms with E-state index in [0.717, 1.165) is 0 Å². The van der Waals surface area contributed by atoms with E-state index < -0.39 is 12.0 Å². The maximum atomic E-state index is 10.8. The highest BCUT2D eigenvalue weighted by molar-refractivity contribution is 6.30. The normalized spacial score (nSPS) is 11.9. The van der Waals surface area contributed by atoms with Crippen LogP contribution in [0.5, 0.6) is 5.75 Å². The average molecular weight is 228 g/mol. The van der Waals surface area contributed by atoms with Gasteiger partial charge in [-0.2, -0.15) is 0 Å². The Kier molecular flexibility index (Phi) is 3.68. The van der Waals surface area contributed by atoms with Crippen LogP contribution in [0.1, 0.15) is 17.3 Å². The summed E-state index contributed by atoms with van der Waals surface area (Å²) in [5, 5.41) is 0.427. The Morgan fingerprint density at radius 1 is 1.60 bits per heavy atom. The minimum absolute atomic E-state index is 0.288. The molecule has 5 heteroatoms. The Balaban J connectivity index is 2.94. The lowest BCUT2D eigenvalue weighted by molar-refractivity contribution is -0.123. The number of nitrogens with two attached hydrogens (primary N) is 1. The maximum Gasteiger partial charge on any atom is 0.258 e. The first kappa shape index (κ1) is 11.5. The summed E-state index contributed by atoms with van der Waals surface area (Å²) in [6, 6.07) is 4.54. The molecule has 0 aromatic heterocycles. The maximum absolute atomic E-state index is 10.8. The minimum Gasteiger partial charge on any atom is -0.480 e. The number of amides is 1. The van der Waals surface area contributed by atoms with Crippen molar-refractivity contribution in [2.45, 2.75) is 13.0 Å². The Bertz CT molecular complexity index is 392. The largest absolute Gasteiger partial charge is 0.480 e. The smallest absolute Gasteiger partial charge is 0.258 e. The monoisotopic (exact) mass is 227 g/mol. The molecule has 0 aliphatic rings. The molecule has 1 aromatic rings. The highest BCUT2D eigenvalue weighted by Gasteiger charge is 2.12. The fraction of sp³-hybridized carbons (Fsp3) is 0.200. The zero-order valence-electron chi connectivity index (χ0n) is 8.07. The molecule has 0 saturated heterocycles. The van der Waals surface area contributed by atoms with Gasteiger partial charge in [-0.1, -0.05) is 11.6 Å². The number of carbonyl (C=O) groups is 2. The van der Waals surface area contributed by atoms with Gasteiger partial charge in [-0.3, -0.25) is 9.59 Å². The molecule has 0 heterocycles. The molecule has 1 atom stereocenters. The molecule has 2 N–H and O–H groups in total. The minimum atomic E-state index is -0.787. The van der Waals surface area contributed by atoms with Gasteiger partial charge in [0.15, 0.2) is 12.4 Å². The first-order valence-corrected chi connectivity index (χ1v) is 4.63. The number of halogens is 1. The fourth-order valence-electron chi connectivity index (χ4n) is 0.967. The van der Waals surface area contributed by atoms with Crippen molar-refractivity contribution in [2.75, 3.05) is 0 Å². The third-order valence-electron chi connectivity index (χ3n) is 1.80. The summed E-state index contributed by atoms with van der Waals surface area (Å²) in [7, 11) is 0. The van der Waals surface area contributed by atoms with E-state index in [1.54, 1.807) is 6.07 Å². The number of benzene rings is 1. The summed E-state index contributed by atoms with van der Waals surface area (Å²) in [6.07, 6.45) is -0.181. The molecule has 0 saturated carbocycles. The van der Waals surface area contributed by atoms with Crippen molar-refractivity contribution >= 4 is 23.8 Å². The first-order chi connectivity index (χ1) is 7.04. The summed E-state index contributed by atoms with van der Waals surface area (Å²) in [6.45, 7) is 1.51. The zero-order chi connectivity index (χ0) is 11.4. The van der Waals surface area contributed by atoms with Crippen LogP contribution in [0.4, 0.5) is 0 Å². The molecule has 0 aliphatic heterocycles. The van der Waals surface area contributed by atoms with Gasteiger partial charge < -0.3 is 10.5 Å². The van der Waals surface area contributed by atoms with Crippen molar-refractivity contribution < 1.29 is 14.3 Å². The number of hydrogen-bond acceptors (Lipinski definition) is 3. The molecular weight excluding hydrogens is 218 g/mol. The van der Waals surface area contributed by atoms with Crippen molar-refractivity contribution in [1.29, 1.82) is 0 Å². The van der Waals surface area contributed by atoms with Crippen molar-refractivity contribution in [3.05, 3.63) is 28.8 Å². The van der Waals surface area contributed by atoms with E-state index in [2.05, 4.69) is 0 Å². The van der Waals surface area contributed by atoms with Gasteiger partial charge in [0.05, 0.1) is 5.56 Å². The number of rotatable bonds is 4.